The minimum Gasteiger partial charge on any atom is -0.356 e. The van der Waals surface area contributed by atoms with E-state index < -0.39 is 0 Å². The maximum absolute atomic E-state index is 4.37. The van der Waals surface area contributed by atoms with Crippen molar-refractivity contribution >= 4 is 5.96 Å². The summed E-state index contributed by atoms with van der Waals surface area (Å²) in [6.07, 6.45) is 4.87. The third-order valence-electron chi connectivity index (χ3n) is 5.40. The number of aliphatic imine (C=N–C) groups is 1. The topological polar surface area (TPSA) is 46.1 Å². The molecule has 2 N–H and O–H groups in total. The van der Waals surface area contributed by atoms with Crippen LogP contribution in [0.15, 0.2) is 4.99 Å². The lowest BCUT2D eigenvalue weighted by Crippen LogP contribution is -2.45. The summed E-state index contributed by atoms with van der Waals surface area (Å²) in [6, 6.07) is 0.460. The van der Waals surface area contributed by atoms with E-state index in [0.717, 1.165) is 25.6 Å². The van der Waals surface area contributed by atoms with Gasteiger partial charge in [0, 0.05) is 45.8 Å². The van der Waals surface area contributed by atoms with Crippen molar-refractivity contribution in [2.45, 2.75) is 52.5 Å². The van der Waals surface area contributed by atoms with Crippen LogP contribution in [0.2, 0.25) is 0 Å². The fourth-order valence-electron chi connectivity index (χ4n) is 3.40. The van der Waals surface area contributed by atoms with Crippen LogP contribution in [0.4, 0.5) is 0 Å². The molecule has 0 aromatic rings. The Bertz CT molecular complexity index is 361. The smallest absolute Gasteiger partial charge is 0.191 e. The van der Waals surface area contributed by atoms with Gasteiger partial charge in [-0.25, -0.2) is 0 Å². The van der Waals surface area contributed by atoms with Gasteiger partial charge in [-0.15, -0.1) is 0 Å². The second-order valence-corrected chi connectivity index (χ2v) is 7.57. The Labute approximate surface area is 162 Å². The second-order valence-electron chi connectivity index (χ2n) is 7.57. The summed E-state index contributed by atoms with van der Waals surface area (Å²) in [5, 5.41) is 6.99. The highest BCUT2D eigenvalue weighted by molar-refractivity contribution is 5.79. The van der Waals surface area contributed by atoms with E-state index in [0.29, 0.717) is 6.04 Å². The molecule has 1 unspecified atom stereocenters. The molecule has 0 radical (unpaired) electrons. The van der Waals surface area contributed by atoms with Crippen LogP contribution in [-0.4, -0.2) is 99.7 Å². The Morgan fingerprint density at radius 2 is 1.77 bits per heavy atom. The maximum atomic E-state index is 4.37. The normalized spacial score (nSPS) is 18.3. The van der Waals surface area contributed by atoms with E-state index in [2.05, 4.69) is 58.1 Å². The molecule has 0 saturated carbocycles. The number of hydrogen-bond acceptors (Lipinski definition) is 4. The standard InChI is InChI=1S/C20H44N6/c1-6-25(7-2)14-10-11-19(3)23-20(21-4)22-12-8-9-13-26-17-15-24(5)16-18-26/h19H,6-18H2,1-5H3,(H2,21,22,23). The summed E-state index contributed by atoms with van der Waals surface area (Å²) < 4.78 is 0. The van der Waals surface area contributed by atoms with Crippen LogP contribution in [-0.2, 0) is 0 Å². The first kappa shape index (κ1) is 23.2. The lowest BCUT2D eigenvalue weighted by molar-refractivity contribution is 0.152. The van der Waals surface area contributed by atoms with E-state index in [9.17, 15) is 0 Å². The van der Waals surface area contributed by atoms with Crippen molar-refractivity contribution in [1.82, 2.24) is 25.3 Å². The minimum atomic E-state index is 0.460. The van der Waals surface area contributed by atoms with Crippen LogP contribution in [0, 0.1) is 0 Å². The average molecular weight is 369 g/mol. The Balaban J connectivity index is 2.07. The van der Waals surface area contributed by atoms with Gasteiger partial charge in [-0.3, -0.25) is 4.99 Å². The molecule has 1 aliphatic heterocycles. The third-order valence-corrected chi connectivity index (χ3v) is 5.40. The van der Waals surface area contributed by atoms with Gasteiger partial charge in [-0.2, -0.15) is 0 Å². The number of nitrogens with zero attached hydrogens (tertiary/aromatic N) is 4. The zero-order valence-electron chi connectivity index (χ0n) is 18.1. The Hall–Kier alpha value is -0.850. The van der Waals surface area contributed by atoms with E-state index in [4.69, 9.17) is 0 Å². The molecule has 0 aromatic carbocycles. The van der Waals surface area contributed by atoms with E-state index >= 15 is 0 Å². The molecule has 1 heterocycles. The molecule has 1 saturated heterocycles. The highest BCUT2D eigenvalue weighted by Crippen LogP contribution is 2.02. The molecule has 0 bridgehead atoms. The Morgan fingerprint density at radius 3 is 2.38 bits per heavy atom. The number of hydrogen-bond donors (Lipinski definition) is 2. The second kappa shape index (κ2) is 14.2. The first-order valence-electron chi connectivity index (χ1n) is 10.7. The summed E-state index contributed by atoms with van der Waals surface area (Å²) in [4.78, 5) is 11.9. The van der Waals surface area contributed by atoms with Crippen molar-refractivity contribution in [3.05, 3.63) is 0 Å². The fourth-order valence-corrected chi connectivity index (χ4v) is 3.40. The number of likely N-dealkylation sites (N-methyl/N-ethyl adjacent to an activating group) is 1. The van der Waals surface area contributed by atoms with E-state index in [1.165, 1.54) is 65.0 Å². The third kappa shape index (κ3) is 10.3. The summed E-state index contributed by atoms with van der Waals surface area (Å²) in [7, 11) is 4.08. The summed E-state index contributed by atoms with van der Waals surface area (Å²) in [5.41, 5.74) is 0. The molecule has 0 aliphatic carbocycles. The van der Waals surface area contributed by atoms with Gasteiger partial charge in [0.15, 0.2) is 5.96 Å². The molecule has 6 heteroatoms. The molecule has 0 amide bonds. The van der Waals surface area contributed by atoms with Gasteiger partial charge < -0.3 is 25.3 Å². The van der Waals surface area contributed by atoms with Crippen LogP contribution in [0.25, 0.3) is 0 Å². The molecule has 26 heavy (non-hydrogen) atoms. The highest BCUT2D eigenvalue weighted by Gasteiger charge is 2.12. The monoisotopic (exact) mass is 368 g/mol. The lowest BCUT2D eigenvalue weighted by Gasteiger charge is -2.32. The van der Waals surface area contributed by atoms with Crippen molar-refractivity contribution in [2.24, 2.45) is 4.99 Å². The van der Waals surface area contributed by atoms with Crippen molar-refractivity contribution in [3.8, 4) is 0 Å². The first-order valence-corrected chi connectivity index (χ1v) is 10.7. The number of guanidine groups is 1. The molecule has 1 aliphatic rings. The summed E-state index contributed by atoms with van der Waals surface area (Å²) in [6.45, 7) is 17.3. The number of nitrogens with one attached hydrogen (secondary N) is 2. The molecule has 1 rings (SSSR count). The average Bonchev–Trinajstić information content (AvgIpc) is 2.65. The summed E-state index contributed by atoms with van der Waals surface area (Å²) in [5.74, 6) is 0.944. The number of rotatable bonds is 12. The predicted molar refractivity (Wildman–Crippen MR) is 114 cm³/mol. The molecular weight excluding hydrogens is 324 g/mol. The van der Waals surface area contributed by atoms with Crippen LogP contribution in [0.1, 0.15) is 46.5 Å². The zero-order valence-corrected chi connectivity index (χ0v) is 18.1. The van der Waals surface area contributed by atoms with Crippen molar-refractivity contribution < 1.29 is 0 Å². The highest BCUT2D eigenvalue weighted by atomic mass is 15.2. The minimum absolute atomic E-state index is 0.460. The molecular formula is C20H44N6. The molecule has 0 aromatic heterocycles. The maximum Gasteiger partial charge on any atom is 0.191 e. The quantitative estimate of drug-likeness (QED) is 0.312. The molecule has 1 atom stereocenters. The molecule has 6 nitrogen and oxygen atoms in total. The molecule has 154 valence electrons. The van der Waals surface area contributed by atoms with Crippen LogP contribution in [0.5, 0.6) is 0 Å². The van der Waals surface area contributed by atoms with Gasteiger partial charge in [-0.1, -0.05) is 13.8 Å². The van der Waals surface area contributed by atoms with Crippen LogP contribution >= 0.6 is 0 Å². The van der Waals surface area contributed by atoms with E-state index in [1.807, 2.05) is 7.05 Å². The van der Waals surface area contributed by atoms with Crippen molar-refractivity contribution in [3.63, 3.8) is 0 Å². The number of piperazine rings is 1. The Kier molecular flexibility index (Phi) is 12.7. The van der Waals surface area contributed by atoms with Gasteiger partial charge in [0.1, 0.15) is 0 Å². The number of unbranched alkanes of at least 4 members (excludes halogenated alkanes) is 1. The fraction of sp³-hybridized carbons (Fsp3) is 0.950. The largest absolute Gasteiger partial charge is 0.356 e. The van der Waals surface area contributed by atoms with Crippen LogP contribution < -0.4 is 10.6 Å². The summed E-state index contributed by atoms with van der Waals surface area (Å²) >= 11 is 0. The van der Waals surface area contributed by atoms with Crippen molar-refractivity contribution in [1.29, 1.82) is 0 Å². The van der Waals surface area contributed by atoms with Crippen LogP contribution in [0.3, 0.4) is 0 Å². The van der Waals surface area contributed by atoms with E-state index in [1.54, 1.807) is 0 Å². The molecule has 1 fully saturated rings. The molecule has 0 spiro atoms. The first-order chi connectivity index (χ1) is 12.6. The lowest BCUT2D eigenvalue weighted by atomic mass is 10.2. The van der Waals surface area contributed by atoms with Gasteiger partial charge in [0.2, 0.25) is 0 Å². The van der Waals surface area contributed by atoms with Gasteiger partial charge in [-0.05, 0) is 65.8 Å². The van der Waals surface area contributed by atoms with Gasteiger partial charge >= 0.3 is 0 Å². The van der Waals surface area contributed by atoms with E-state index in [-0.39, 0.29) is 0 Å². The Morgan fingerprint density at radius 1 is 1.08 bits per heavy atom. The van der Waals surface area contributed by atoms with Gasteiger partial charge in [0.25, 0.3) is 0 Å². The van der Waals surface area contributed by atoms with Gasteiger partial charge in [0.05, 0.1) is 0 Å². The predicted octanol–water partition coefficient (Wildman–Crippen LogP) is 1.69. The SMILES string of the molecule is CCN(CC)CCCC(C)NC(=NC)NCCCCN1CCN(C)CC1. The zero-order chi connectivity index (χ0) is 19.2. The van der Waals surface area contributed by atoms with Crippen molar-refractivity contribution in [2.75, 3.05) is 73.0 Å².